The van der Waals surface area contributed by atoms with Crippen LogP contribution in [0.25, 0.3) is 0 Å². The monoisotopic (exact) mass is 281 g/mol. The summed E-state index contributed by atoms with van der Waals surface area (Å²) in [5, 5.41) is 32.8. The molecule has 2 aliphatic carbocycles. The minimum atomic E-state index is -0.790. The second-order valence-electron chi connectivity index (χ2n) is 7.77. The lowest BCUT2D eigenvalue weighted by Crippen LogP contribution is -2.82. The molecule has 7 unspecified atom stereocenters. The molecule has 4 rings (SSSR count). The molecule has 2 aliphatic heterocycles. The molecular formula is C16H27NO3. The van der Waals surface area contributed by atoms with Crippen LogP contribution >= 0.6 is 0 Å². The molecule has 114 valence electrons. The first-order valence-electron chi connectivity index (χ1n) is 8.34. The van der Waals surface area contributed by atoms with Crippen molar-refractivity contribution < 1.29 is 15.3 Å². The number of hydrogen-bond donors (Lipinski definition) is 3. The third-order valence-electron chi connectivity index (χ3n) is 7.06. The van der Waals surface area contributed by atoms with Crippen LogP contribution < -0.4 is 0 Å². The minimum absolute atomic E-state index is 0.154. The molecule has 0 aromatic heterocycles. The van der Waals surface area contributed by atoms with Gasteiger partial charge in [-0.15, -0.1) is 0 Å². The van der Waals surface area contributed by atoms with Gasteiger partial charge in [0, 0.05) is 11.8 Å². The fourth-order valence-corrected chi connectivity index (χ4v) is 6.36. The van der Waals surface area contributed by atoms with E-state index in [-0.39, 0.29) is 29.4 Å². The number of hydrogen-bond acceptors (Lipinski definition) is 4. The Balaban J connectivity index is 1.88. The molecule has 4 aliphatic rings. The molecule has 0 aromatic rings. The molecule has 4 heteroatoms. The Morgan fingerprint density at radius 1 is 1.10 bits per heavy atom. The molecule has 20 heavy (non-hydrogen) atoms. The van der Waals surface area contributed by atoms with Gasteiger partial charge in [-0.25, -0.2) is 0 Å². The molecule has 2 heterocycles. The summed E-state index contributed by atoms with van der Waals surface area (Å²) in [5.41, 5.74) is -1.06. The van der Waals surface area contributed by atoms with Gasteiger partial charge in [0.05, 0.1) is 23.3 Å². The molecule has 1 spiro atoms. The van der Waals surface area contributed by atoms with E-state index < -0.39 is 11.7 Å². The minimum Gasteiger partial charge on any atom is -0.393 e. The molecule has 7 atom stereocenters. The van der Waals surface area contributed by atoms with Crippen molar-refractivity contribution in [2.75, 3.05) is 13.1 Å². The number of piperidine rings is 2. The second-order valence-corrected chi connectivity index (χ2v) is 7.77. The smallest absolute Gasteiger partial charge is 0.0888 e. The highest BCUT2D eigenvalue weighted by atomic mass is 16.3. The van der Waals surface area contributed by atoms with E-state index in [1.54, 1.807) is 0 Å². The van der Waals surface area contributed by atoms with Crippen LogP contribution in [0.15, 0.2) is 0 Å². The fraction of sp³-hybridized carbons (Fsp3) is 1.00. The maximum Gasteiger partial charge on any atom is 0.0888 e. The van der Waals surface area contributed by atoms with Crippen LogP contribution in [0.2, 0.25) is 0 Å². The SMILES string of the molecule is CC1CC23C4CCCN2CCCC3(O)C(CC4O)C1O. The fourth-order valence-electron chi connectivity index (χ4n) is 6.36. The van der Waals surface area contributed by atoms with Crippen molar-refractivity contribution in [3.8, 4) is 0 Å². The van der Waals surface area contributed by atoms with Crippen LogP contribution in [-0.2, 0) is 0 Å². The molecule has 4 nitrogen and oxygen atoms in total. The molecule has 0 amide bonds. The molecular weight excluding hydrogens is 254 g/mol. The molecule has 2 saturated carbocycles. The summed E-state index contributed by atoms with van der Waals surface area (Å²) in [4.78, 5) is 2.47. The zero-order chi connectivity index (χ0) is 14.1. The number of aliphatic hydroxyl groups excluding tert-OH is 2. The summed E-state index contributed by atoms with van der Waals surface area (Å²) in [5.74, 6) is 0.250. The Bertz CT molecular complexity index is 415. The Hall–Kier alpha value is -0.160. The van der Waals surface area contributed by atoms with Gasteiger partial charge in [-0.05, 0) is 57.5 Å². The van der Waals surface area contributed by atoms with Gasteiger partial charge in [0.15, 0.2) is 0 Å². The normalized spacial score (nSPS) is 59.1. The van der Waals surface area contributed by atoms with Crippen molar-refractivity contribution >= 4 is 0 Å². The Labute approximate surface area is 120 Å². The van der Waals surface area contributed by atoms with Crippen molar-refractivity contribution in [2.24, 2.45) is 17.8 Å². The highest BCUT2D eigenvalue weighted by Crippen LogP contribution is 2.62. The third-order valence-corrected chi connectivity index (χ3v) is 7.06. The molecule has 2 saturated heterocycles. The first-order chi connectivity index (χ1) is 9.50. The van der Waals surface area contributed by atoms with Crippen LogP contribution in [0.5, 0.6) is 0 Å². The molecule has 2 bridgehead atoms. The van der Waals surface area contributed by atoms with Gasteiger partial charge >= 0.3 is 0 Å². The Kier molecular flexibility index (Phi) is 2.83. The van der Waals surface area contributed by atoms with E-state index in [1.807, 2.05) is 0 Å². The average molecular weight is 281 g/mol. The Morgan fingerprint density at radius 2 is 1.85 bits per heavy atom. The van der Waals surface area contributed by atoms with Crippen LogP contribution in [-0.4, -0.2) is 56.7 Å². The highest BCUT2D eigenvalue weighted by molar-refractivity contribution is 5.24. The largest absolute Gasteiger partial charge is 0.393 e. The van der Waals surface area contributed by atoms with E-state index in [9.17, 15) is 15.3 Å². The van der Waals surface area contributed by atoms with Gasteiger partial charge in [-0.2, -0.15) is 0 Å². The van der Waals surface area contributed by atoms with Gasteiger partial charge < -0.3 is 15.3 Å². The lowest BCUT2D eigenvalue weighted by molar-refractivity contribution is -0.300. The zero-order valence-electron chi connectivity index (χ0n) is 12.3. The van der Waals surface area contributed by atoms with E-state index in [0.717, 1.165) is 45.2 Å². The zero-order valence-corrected chi connectivity index (χ0v) is 12.3. The summed E-state index contributed by atoms with van der Waals surface area (Å²) >= 11 is 0. The van der Waals surface area contributed by atoms with Crippen molar-refractivity contribution in [1.29, 1.82) is 0 Å². The summed E-state index contributed by atoms with van der Waals surface area (Å²) in [6, 6.07) is 0. The average Bonchev–Trinajstić information content (AvgIpc) is 2.41. The van der Waals surface area contributed by atoms with Gasteiger partial charge in [0.25, 0.3) is 0 Å². The molecule has 0 aromatic carbocycles. The van der Waals surface area contributed by atoms with Gasteiger partial charge in [0.1, 0.15) is 0 Å². The van der Waals surface area contributed by atoms with Crippen molar-refractivity contribution in [2.45, 2.75) is 68.8 Å². The van der Waals surface area contributed by atoms with Crippen molar-refractivity contribution in [1.82, 2.24) is 4.90 Å². The number of rotatable bonds is 0. The third kappa shape index (κ3) is 1.37. The van der Waals surface area contributed by atoms with Crippen molar-refractivity contribution in [3.63, 3.8) is 0 Å². The maximum atomic E-state index is 11.6. The van der Waals surface area contributed by atoms with E-state index in [2.05, 4.69) is 11.8 Å². The van der Waals surface area contributed by atoms with Crippen LogP contribution in [0.3, 0.4) is 0 Å². The topological polar surface area (TPSA) is 63.9 Å². The van der Waals surface area contributed by atoms with Crippen LogP contribution in [0.1, 0.15) is 45.4 Å². The van der Waals surface area contributed by atoms with Gasteiger partial charge in [0.2, 0.25) is 0 Å². The van der Waals surface area contributed by atoms with E-state index >= 15 is 0 Å². The number of nitrogens with zero attached hydrogens (tertiary/aromatic N) is 1. The van der Waals surface area contributed by atoms with E-state index in [4.69, 9.17) is 0 Å². The standard InChI is InChI=1S/C16H27NO3/c1-10-9-15-11-4-2-6-17(15)7-3-5-16(15,20)12(14(10)19)8-13(11)18/h10-14,18-20H,2-9H2,1H3. The highest BCUT2D eigenvalue weighted by Gasteiger charge is 2.71. The first-order valence-corrected chi connectivity index (χ1v) is 8.34. The predicted octanol–water partition coefficient (Wildman–Crippen LogP) is 0.744. The summed E-state index contributed by atoms with van der Waals surface area (Å²) in [7, 11) is 0. The predicted molar refractivity (Wildman–Crippen MR) is 75.1 cm³/mol. The maximum absolute atomic E-state index is 11.6. The lowest BCUT2D eigenvalue weighted by atomic mass is 9.45. The second kappa shape index (κ2) is 4.19. The van der Waals surface area contributed by atoms with E-state index in [0.29, 0.717) is 6.42 Å². The van der Waals surface area contributed by atoms with Crippen molar-refractivity contribution in [3.05, 3.63) is 0 Å². The van der Waals surface area contributed by atoms with Crippen LogP contribution in [0, 0.1) is 17.8 Å². The molecule has 3 N–H and O–H groups in total. The summed E-state index contributed by atoms with van der Waals surface area (Å²) in [6.45, 7) is 4.20. The Morgan fingerprint density at radius 3 is 2.65 bits per heavy atom. The first kappa shape index (κ1) is 13.5. The number of aliphatic hydroxyl groups is 3. The quantitative estimate of drug-likeness (QED) is 0.613. The lowest BCUT2D eigenvalue weighted by Gasteiger charge is -2.71. The van der Waals surface area contributed by atoms with Crippen LogP contribution in [0.4, 0.5) is 0 Å². The summed E-state index contributed by atoms with van der Waals surface area (Å²) in [6.07, 6.45) is 4.54. The molecule has 0 radical (unpaired) electrons. The van der Waals surface area contributed by atoms with Gasteiger partial charge in [-0.3, -0.25) is 4.90 Å². The van der Waals surface area contributed by atoms with Gasteiger partial charge in [-0.1, -0.05) is 6.92 Å². The van der Waals surface area contributed by atoms with E-state index in [1.165, 1.54) is 0 Å². The molecule has 4 fully saturated rings. The summed E-state index contributed by atoms with van der Waals surface area (Å²) < 4.78 is 0.